The van der Waals surface area contributed by atoms with E-state index in [0.29, 0.717) is 0 Å². The maximum absolute atomic E-state index is 5.95. The monoisotopic (exact) mass is 206 g/mol. The van der Waals surface area contributed by atoms with Crippen molar-refractivity contribution < 1.29 is 4.12 Å². The van der Waals surface area contributed by atoms with Crippen LogP contribution in [-0.2, 0) is 4.12 Å². The lowest BCUT2D eigenvalue weighted by Gasteiger charge is -2.26. The average molecular weight is 206 g/mol. The predicted molar refractivity (Wildman–Crippen MR) is 59.0 cm³/mol. The molecular formula is C7H22N2OSi2. The summed E-state index contributed by atoms with van der Waals surface area (Å²) >= 11 is 0. The molecule has 12 heavy (non-hydrogen) atoms. The van der Waals surface area contributed by atoms with Crippen LogP contribution in [0.5, 0.6) is 0 Å². The van der Waals surface area contributed by atoms with Gasteiger partial charge in [0.25, 0.3) is 0 Å². The summed E-state index contributed by atoms with van der Waals surface area (Å²) in [7, 11) is -2.31. The van der Waals surface area contributed by atoms with E-state index in [1.54, 1.807) is 0 Å². The largest absolute Gasteiger partial charge is 0.458 e. The minimum absolute atomic E-state index is 0.172. The van der Waals surface area contributed by atoms with E-state index in [9.17, 15) is 0 Å². The highest BCUT2D eigenvalue weighted by Gasteiger charge is 2.23. The molecule has 0 radical (unpaired) electrons. The van der Waals surface area contributed by atoms with Crippen LogP contribution in [0.3, 0.4) is 0 Å². The summed E-state index contributed by atoms with van der Waals surface area (Å²) < 4.78 is 5.95. The van der Waals surface area contributed by atoms with Crippen LogP contribution in [0.4, 0.5) is 0 Å². The summed E-state index contributed by atoms with van der Waals surface area (Å²) in [6.07, 6.45) is 0.717. The molecule has 0 aliphatic carbocycles. The van der Waals surface area contributed by atoms with Gasteiger partial charge < -0.3 is 15.6 Å². The highest BCUT2D eigenvalue weighted by Crippen LogP contribution is 2.14. The highest BCUT2D eigenvalue weighted by atomic mass is 28.4. The summed E-state index contributed by atoms with van der Waals surface area (Å²) in [5, 5.41) is 0. The molecule has 0 unspecified atom stereocenters. The topological polar surface area (TPSA) is 61.3 Å². The molecule has 0 aromatic carbocycles. The Kier molecular flexibility index (Phi) is 5.27. The molecule has 5 heteroatoms. The van der Waals surface area contributed by atoms with E-state index in [0.717, 1.165) is 12.5 Å². The first-order valence-corrected chi connectivity index (χ1v) is 10.4. The molecule has 0 atom stereocenters. The fraction of sp³-hybridized carbons (Fsp3) is 1.00. The second kappa shape index (κ2) is 5.13. The fourth-order valence-corrected chi connectivity index (χ4v) is 7.82. The quantitative estimate of drug-likeness (QED) is 0.517. The van der Waals surface area contributed by atoms with Crippen molar-refractivity contribution in [1.82, 2.24) is 0 Å². The van der Waals surface area contributed by atoms with E-state index in [1.807, 2.05) is 0 Å². The predicted octanol–water partition coefficient (Wildman–Crippen LogP) is 0.825. The first-order valence-electron chi connectivity index (χ1n) is 4.52. The Bertz CT molecular complexity index is 129. The Morgan fingerprint density at radius 2 is 1.83 bits per heavy atom. The van der Waals surface area contributed by atoms with Gasteiger partial charge in [-0.2, -0.15) is 0 Å². The highest BCUT2D eigenvalue weighted by molar-refractivity contribution is 6.77. The van der Waals surface area contributed by atoms with Gasteiger partial charge in [0.05, 0.1) is 6.17 Å². The van der Waals surface area contributed by atoms with Crippen LogP contribution < -0.4 is 11.5 Å². The van der Waals surface area contributed by atoms with E-state index in [1.165, 1.54) is 0 Å². The second-order valence-electron chi connectivity index (χ2n) is 4.13. The molecule has 0 aromatic rings. The Morgan fingerprint density at radius 3 is 2.17 bits per heavy atom. The zero-order chi connectivity index (χ0) is 9.78. The second-order valence-corrected chi connectivity index (χ2v) is 11.2. The third-order valence-corrected chi connectivity index (χ3v) is 7.57. The van der Waals surface area contributed by atoms with Crippen LogP contribution in [0.2, 0.25) is 32.2 Å². The van der Waals surface area contributed by atoms with Crippen molar-refractivity contribution in [2.24, 2.45) is 11.5 Å². The number of hydrogen-bond donors (Lipinski definition) is 2. The zero-order valence-corrected chi connectivity index (χ0v) is 10.8. The van der Waals surface area contributed by atoms with Crippen LogP contribution in [0.1, 0.15) is 6.42 Å². The lowest BCUT2D eigenvalue weighted by molar-refractivity contribution is 0.554. The fourth-order valence-electron chi connectivity index (χ4n) is 1.21. The zero-order valence-electron chi connectivity index (χ0n) is 8.63. The smallest absolute Gasteiger partial charge is 0.173 e. The van der Waals surface area contributed by atoms with Crippen molar-refractivity contribution in [3.8, 4) is 0 Å². The molecule has 0 aromatic heterocycles. The SMILES string of the molecule is C[SiH](C)O[Si](C)(C)CCC(N)N. The molecule has 4 N–H and O–H groups in total. The molecule has 0 bridgehead atoms. The van der Waals surface area contributed by atoms with Gasteiger partial charge in [0, 0.05) is 0 Å². The Morgan fingerprint density at radius 1 is 1.33 bits per heavy atom. The molecule has 3 nitrogen and oxygen atoms in total. The maximum atomic E-state index is 5.95. The van der Waals surface area contributed by atoms with Crippen molar-refractivity contribution >= 4 is 17.4 Å². The summed E-state index contributed by atoms with van der Waals surface area (Å²) in [5.41, 5.74) is 11.0. The molecule has 0 heterocycles. The van der Waals surface area contributed by atoms with Crippen molar-refractivity contribution in [2.75, 3.05) is 0 Å². The van der Waals surface area contributed by atoms with E-state index < -0.39 is 17.4 Å². The van der Waals surface area contributed by atoms with Gasteiger partial charge in [-0.15, -0.1) is 0 Å². The van der Waals surface area contributed by atoms with Crippen molar-refractivity contribution in [3.63, 3.8) is 0 Å². The number of hydrogen-bond acceptors (Lipinski definition) is 3. The minimum Gasteiger partial charge on any atom is -0.458 e. The first-order chi connectivity index (χ1) is 5.33. The standard InChI is InChI=1S/C7H22N2OSi2/c1-11(2)10-12(3,4)6-5-7(8)9/h7,11H,5-6,8-9H2,1-4H3. The van der Waals surface area contributed by atoms with Gasteiger partial charge in [0.15, 0.2) is 17.4 Å². The van der Waals surface area contributed by atoms with Crippen molar-refractivity contribution in [2.45, 2.75) is 44.8 Å². The van der Waals surface area contributed by atoms with Gasteiger partial charge in [-0.1, -0.05) is 0 Å². The van der Waals surface area contributed by atoms with Gasteiger partial charge in [0.2, 0.25) is 0 Å². The molecule has 0 aliphatic heterocycles. The molecule has 74 valence electrons. The first kappa shape index (κ1) is 12.3. The molecule has 0 saturated carbocycles. The Hall–Kier alpha value is 0.314. The van der Waals surface area contributed by atoms with E-state index >= 15 is 0 Å². The summed E-state index contributed by atoms with van der Waals surface area (Å²) in [5.74, 6) is 0. The Labute approximate surface area is 78.3 Å². The molecule has 0 spiro atoms. The van der Waals surface area contributed by atoms with Crippen LogP contribution in [-0.4, -0.2) is 23.5 Å². The summed E-state index contributed by atoms with van der Waals surface area (Å²) in [4.78, 5) is 0. The van der Waals surface area contributed by atoms with Gasteiger partial charge in [-0.05, 0) is 38.7 Å². The molecule has 0 saturated heterocycles. The van der Waals surface area contributed by atoms with Crippen LogP contribution in [0.25, 0.3) is 0 Å². The van der Waals surface area contributed by atoms with Gasteiger partial charge >= 0.3 is 0 Å². The normalized spacial score (nSPS) is 13.0. The van der Waals surface area contributed by atoms with Crippen molar-refractivity contribution in [1.29, 1.82) is 0 Å². The van der Waals surface area contributed by atoms with Gasteiger partial charge in [-0.3, -0.25) is 0 Å². The van der Waals surface area contributed by atoms with Gasteiger partial charge in [0.1, 0.15) is 0 Å². The molecule has 0 amide bonds. The number of nitrogens with two attached hydrogens (primary N) is 2. The Balaban J connectivity index is 3.71. The third-order valence-electron chi connectivity index (χ3n) is 1.63. The number of rotatable bonds is 5. The maximum Gasteiger partial charge on any atom is 0.173 e. The third kappa shape index (κ3) is 6.99. The van der Waals surface area contributed by atoms with E-state index in [4.69, 9.17) is 15.6 Å². The van der Waals surface area contributed by atoms with Crippen LogP contribution >= 0.6 is 0 Å². The molecule has 0 aliphatic rings. The summed E-state index contributed by atoms with van der Waals surface area (Å²) in [6, 6.07) is 1.08. The molecule has 0 rings (SSSR count). The lowest BCUT2D eigenvalue weighted by atomic mass is 10.4. The van der Waals surface area contributed by atoms with Crippen LogP contribution in [0, 0.1) is 0 Å². The molecule has 0 fully saturated rings. The van der Waals surface area contributed by atoms with E-state index in [-0.39, 0.29) is 6.17 Å². The van der Waals surface area contributed by atoms with Crippen molar-refractivity contribution in [3.05, 3.63) is 0 Å². The van der Waals surface area contributed by atoms with Gasteiger partial charge in [-0.25, -0.2) is 0 Å². The lowest BCUT2D eigenvalue weighted by Crippen LogP contribution is -2.39. The minimum atomic E-state index is -1.43. The average Bonchev–Trinajstić information content (AvgIpc) is 1.81. The summed E-state index contributed by atoms with van der Waals surface area (Å²) in [6.45, 7) is 8.89. The van der Waals surface area contributed by atoms with E-state index in [2.05, 4.69) is 26.2 Å². The molecular weight excluding hydrogens is 184 g/mol. The van der Waals surface area contributed by atoms with Crippen LogP contribution in [0.15, 0.2) is 0 Å².